The largest absolute Gasteiger partial charge is 0.399 e. The van der Waals surface area contributed by atoms with Crippen molar-refractivity contribution in [2.45, 2.75) is 0 Å². The zero-order valence-corrected chi connectivity index (χ0v) is 11.7. The molecule has 0 aliphatic carbocycles. The van der Waals surface area contributed by atoms with Crippen molar-refractivity contribution in [1.29, 1.82) is 0 Å². The number of anilines is 1. The summed E-state index contributed by atoms with van der Waals surface area (Å²) in [5, 5.41) is 5.06. The number of benzene rings is 4. The summed E-state index contributed by atoms with van der Waals surface area (Å²) in [6.07, 6.45) is 0. The van der Waals surface area contributed by atoms with Gasteiger partial charge in [-0.05, 0) is 33.7 Å². The van der Waals surface area contributed by atoms with Gasteiger partial charge < -0.3 is 5.73 Å². The predicted octanol–water partition coefficient (Wildman–Crippen LogP) is 5.26. The lowest BCUT2D eigenvalue weighted by molar-refractivity contribution is 1.73. The van der Waals surface area contributed by atoms with Gasteiger partial charge in [0.05, 0.1) is 0 Å². The van der Waals surface area contributed by atoms with Crippen molar-refractivity contribution in [3.63, 3.8) is 0 Å². The SMILES string of the molecule is Nc1ccc2ccccc2c1.c1ccc2ccccc2c1. The first kappa shape index (κ1) is 13.2. The number of rotatable bonds is 0. The third-order valence-corrected chi connectivity index (χ3v) is 3.43. The molecule has 21 heavy (non-hydrogen) atoms. The first-order chi connectivity index (χ1) is 10.3. The molecule has 1 heteroatoms. The zero-order valence-electron chi connectivity index (χ0n) is 11.7. The van der Waals surface area contributed by atoms with Gasteiger partial charge in [0.25, 0.3) is 0 Å². The van der Waals surface area contributed by atoms with E-state index in [2.05, 4.69) is 60.7 Å². The van der Waals surface area contributed by atoms with E-state index in [1.165, 1.54) is 21.5 Å². The number of nitrogens with two attached hydrogens (primary N) is 1. The molecule has 4 aromatic carbocycles. The molecule has 0 amide bonds. The lowest BCUT2D eigenvalue weighted by Gasteiger charge is -1.96. The number of fused-ring (bicyclic) bond motifs is 2. The second-order valence-corrected chi connectivity index (χ2v) is 4.95. The molecule has 0 fully saturated rings. The minimum absolute atomic E-state index is 0.823. The summed E-state index contributed by atoms with van der Waals surface area (Å²) in [6.45, 7) is 0. The molecule has 0 saturated carbocycles. The monoisotopic (exact) mass is 271 g/mol. The van der Waals surface area contributed by atoms with Gasteiger partial charge in [0.1, 0.15) is 0 Å². The number of nitrogen functional groups attached to an aromatic ring is 1. The van der Waals surface area contributed by atoms with E-state index >= 15 is 0 Å². The summed E-state index contributed by atoms with van der Waals surface area (Å²) < 4.78 is 0. The van der Waals surface area contributed by atoms with Crippen LogP contribution in [0.5, 0.6) is 0 Å². The number of hydrogen-bond acceptors (Lipinski definition) is 1. The van der Waals surface area contributed by atoms with Crippen LogP contribution in [0.2, 0.25) is 0 Å². The van der Waals surface area contributed by atoms with Crippen molar-refractivity contribution in [3.8, 4) is 0 Å². The molecule has 1 nitrogen and oxygen atoms in total. The van der Waals surface area contributed by atoms with Crippen LogP contribution < -0.4 is 5.73 Å². The van der Waals surface area contributed by atoms with Crippen LogP contribution in [-0.2, 0) is 0 Å². The molecule has 2 N–H and O–H groups in total. The van der Waals surface area contributed by atoms with E-state index in [1.54, 1.807) is 0 Å². The molecule has 0 aromatic heterocycles. The number of hydrogen-bond donors (Lipinski definition) is 1. The molecule has 0 atom stereocenters. The molecule has 0 bridgehead atoms. The van der Waals surface area contributed by atoms with Crippen molar-refractivity contribution in [2.75, 3.05) is 5.73 Å². The van der Waals surface area contributed by atoms with Gasteiger partial charge in [0, 0.05) is 5.69 Å². The third kappa shape index (κ3) is 3.21. The summed E-state index contributed by atoms with van der Waals surface area (Å²) in [4.78, 5) is 0. The predicted molar refractivity (Wildman–Crippen MR) is 92.3 cm³/mol. The Morgan fingerprint density at radius 3 is 1.29 bits per heavy atom. The maximum Gasteiger partial charge on any atom is 0.0320 e. The average Bonchev–Trinajstić information content (AvgIpc) is 2.55. The van der Waals surface area contributed by atoms with Gasteiger partial charge in [-0.3, -0.25) is 0 Å². The van der Waals surface area contributed by atoms with Crippen molar-refractivity contribution in [3.05, 3.63) is 91.0 Å². The molecule has 0 unspecified atom stereocenters. The van der Waals surface area contributed by atoms with Crippen LogP contribution >= 0.6 is 0 Å². The van der Waals surface area contributed by atoms with Crippen molar-refractivity contribution in [2.24, 2.45) is 0 Å². The Balaban J connectivity index is 0.000000126. The highest BCUT2D eigenvalue weighted by Gasteiger charge is 1.90. The van der Waals surface area contributed by atoms with Crippen LogP contribution in [0.15, 0.2) is 91.0 Å². The molecule has 4 rings (SSSR count). The summed E-state index contributed by atoms with van der Waals surface area (Å²) in [6, 6.07) is 30.8. The Labute approximate surface area is 124 Å². The highest BCUT2D eigenvalue weighted by molar-refractivity contribution is 5.85. The summed E-state index contributed by atoms with van der Waals surface area (Å²) in [5.74, 6) is 0. The van der Waals surface area contributed by atoms with Gasteiger partial charge in [0.2, 0.25) is 0 Å². The lowest BCUT2D eigenvalue weighted by Crippen LogP contribution is -1.82. The standard InChI is InChI=1S/C10H9N.C10H8/c11-10-6-5-8-3-1-2-4-9(8)7-10;1-2-6-10-8-4-3-7-9(10)5-1/h1-7H,11H2;1-8H. The molecule has 4 aromatic rings. The van der Waals surface area contributed by atoms with E-state index in [4.69, 9.17) is 5.73 Å². The molecule has 0 spiro atoms. The summed E-state index contributed by atoms with van der Waals surface area (Å²) in [5.41, 5.74) is 6.45. The topological polar surface area (TPSA) is 26.0 Å². The first-order valence-corrected chi connectivity index (χ1v) is 7.01. The molecule has 0 aliphatic rings. The van der Waals surface area contributed by atoms with Crippen LogP contribution in [0.1, 0.15) is 0 Å². The van der Waals surface area contributed by atoms with Crippen LogP contribution in [0.3, 0.4) is 0 Å². The molecule has 0 radical (unpaired) electrons. The molecule has 0 heterocycles. The van der Waals surface area contributed by atoms with E-state index in [-0.39, 0.29) is 0 Å². The van der Waals surface area contributed by atoms with Gasteiger partial charge in [0.15, 0.2) is 0 Å². The molecule has 0 saturated heterocycles. The van der Waals surface area contributed by atoms with E-state index in [1.807, 2.05) is 30.3 Å². The Kier molecular flexibility index (Phi) is 3.83. The Morgan fingerprint density at radius 1 is 0.429 bits per heavy atom. The highest BCUT2D eigenvalue weighted by Crippen LogP contribution is 2.16. The van der Waals surface area contributed by atoms with Crippen molar-refractivity contribution in [1.82, 2.24) is 0 Å². The second-order valence-electron chi connectivity index (χ2n) is 4.95. The van der Waals surface area contributed by atoms with Gasteiger partial charge in [-0.1, -0.05) is 78.9 Å². The molecular weight excluding hydrogens is 254 g/mol. The van der Waals surface area contributed by atoms with Gasteiger partial charge in [-0.25, -0.2) is 0 Å². The highest BCUT2D eigenvalue weighted by atomic mass is 14.5. The first-order valence-electron chi connectivity index (χ1n) is 7.01. The van der Waals surface area contributed by atoms with Crippen LogP contribution in [0.25, 0.3) is 21.5 Å². The summed E-state index contributed by atoms with van der Waals surface area (Å²) in [7, 11) is 0. The van der Waals surface area contributed by atoms with E-state index in [0.29, 0.717) is 0 Å². The molecule has 0 aliphatic heterocycles. The Bertz CT molecular complexity index is 800. The fraction of sp³-hybridized carbons (Fsp3) is 0. The van der Waals surface area contributed by atoms with Crippen LogP contribution in [0, 0.1) is 0 Å². The van der Waals surface area contributed by atoms with Gasteiger partial charge in [-0.2, -0.15) is 0 Å². The minimum atomic E-state index is 0.823. The van der Waals surface area contributed by atoms with Crippen molar-refractivity contribution >= 4 is 27.2 Å². The zero-order chi connectivity index (χ0) is 14.5. The minimum Gasteiger partial charge on any atom is -0.399 e. The second kappa shape index (κ2) is 6.10. The quantitative estimate of drug-likeness (QED) is 0.434. The maximum atomic E-state index is 5.62. The Hall–Kier alpha value is -2.80. The van der Waals surface area contributed by atoms with Gasteiger partial charge >= 0.3 is 0 Å². The molecule has 102 valence electrons. The molecular formula is C20H17N. The van der Waals surface area contributed by atoms with Crippen molar-refractivity contribution < 1.29 is 0 Å². The van der Waals surface area contributed by atoms with E-state index in [9.17, 15) is 0 Å². The average molecular weight is 271 g/mol. The van der Waals surface area contributed by atoms with Crippen LogP contribution in [-0.4, -0.2) is 0 Å². The normalized spacial score (nSPS) is 10.1. The third-order valence-electron chi connectivity index (χ3n) is 3.43. The Morgan fingerprint density at radius 2 is 0.810 bits per heavy atom. The fourth-order valence-electron chi connectivity index (χ4n) is 2.34. The smallest absolute Gasteiger partial charge is 0.0320 e. The van der Waals surface area contributed by atoms with Crippen LogP contribution in [0.4, 0.5) is 5.69 Å². The van der Waals surface area contributed by atoms with Gasteiger partial charge in [-0.15, -0.1) is 0 Å². The maximum absolute atomic E-state index is 5.62. The lowest BCUT2D eigenvalue weighted by atomic mass is 10.1. The van der Waals surface area contributed by atoms with E-state index in [0.717, 1.165) is 5.69 Å². The summed E-state index contributed by atoms with van der Waals surface area (Å²) >= 11 is 0. The van der Waals surface area contributed by atoms with E-state index < -0.39 is 0 Å². The fourth-order valence-corrected chi connectivity index (χ4v) is 2.34.